The van der Waals surface area contributed by atoms with E-state index in [0.717, 1.165) is 0 Å². The van der Waals surface area contributed by atoms with Crippen molar-refractivity contribution in [3.8, 4) is 0 Å². The zero-order valence-electron chi connectivity index (χ0n) is 12.1. The van der Waals surface area contributed by atoms with E-state index in [2.05, 4.69) is 15.3 Å². The van der Waals surface area contributed by atoms with E-state index < -0.39 is 11.8 Å². The van der Waals surface area contributed by atoms with Crippen LogP contribution < -0.4 is 16.0 Å². The molecule has 0 radical (unpaired) electrons. The molecule has 2 amide bonds. The van der Waals surface area contributed by atoms with Crippen molar-refractivity contribution in [2.45, 2.75) is 39.2 Å². The van der Waals surface area contributed by atoms with E-state index in [1.165, 1.54) is 0 Å². The molecule has 7 heteroatoms. The van der Waals surface area contributed by atoms with Crippen LogP contribution in [0.15, 0.2) is 0 Å². The molecule has 1 aliphatic heterocycles. The van der Waals surface area contributed by atoms with Crippen molar-refractivity contribution in [2.75, 3.05) is 17.3 Å². The minimum Gasteiger partial charge on any atom is -0.369 e. The molecule has 0 saturated carbocycles. The molecule has 0 saturated heterocycles. The molecule has 20 heavy (non-hydrogen) atoms. The summed E-state index contributed by atoms with van der Waals surface area (Å²) >= 11 is 0. The van der Waals surface area contributed by atoms with E-state index in [-0.39, 0.29) is 11.9 Å². The Bertz CT molecular complexity index is 572. The number of likely N-dealkylation sites (N-methyl/N-ethyl adjacent to an activating group) is 1. The molecule has 1 unspecified atom stereocenters. The lowest BCUT2D eigenvalue weighted by molar-refractivity contribution is -0.120. The largest absolute Gasteiger partial charge is 0.369 e. The molecule has 2 rings (SSSR count). The number of amides is 2. The summed E-state index contributed by atoms with van der Waals surface area (Å²) in [6, 6.07) is -0.321. The first kappa shape index (κ1) is 14.2. The Morgan fingerprint density at radius 2 is 2.15 bits per heavy atom. The fourth-order valence-electron chi connectivity index (χ4n) is 2.23. The van der Waals surface area contributed by atoms with Crippen LogP contribution in [-0.4, -0.2) is 34.9 Å². The van der Waals surface area contributed by atoms with Gasteiger partial charge < -0.3 is 16.0 Å². The lowest BCUT2D eigenvalue weighted by Gasteiger charge is -2.33. The Morgan fingerprint density at radius 1 is 1.50 bits per heavy atom. The van der Waals surface area contributed by atoms with Crippen LogP contribution >= 0.6 is 0 Å². The Kier molecular flexibility index (Phi) is 3.61. The normalized spacial score (nSPS) is 19.3. The number of nitrogens with two attached hydrogens (primary N) is 1. The van der Waals surface area contributed by atoms with Gasteiger partial charge in [0.25, 0.3) is 0 Å². The number of carbonyl (C=O) groups excluding carboxylic acids is 2. The number of hydrogen-bond donors (Lipinski definition) is 2. The molecule has 0 fully saturated rings. The number of aromatic nitrogens is 2. The van der Waals surface area contributed by atoms with Crippen molar-refractivity contribution in [3.05, 3.63) is 11.5 Å². The minimum atomic E-state index is -0.514. The summed E-state index contributed by atoms with van der Waals surface area (Å²) in [7, 11) is 1.80. The average Bonchev–Trinajstić information content (AvgIpc) is 2.38. The molecule has 2 atom stereocenters. The van der Waals surface area contributed by atoms with Gasteiger partial charge in [0.15, 0.2) is 5.82 Å². The molecule has 3 N–H and O–H groups in total. The summed E-state index contributed by atoms with van der Waals surface area (Å²) < 4.78 is 0. The van der Waals surface area contributed by atoms with E-state index in [0.29, 0.717) is 29.4 Å². The van der Waals surface area contributed by atoms with Crippen molar-refractivity contribution >= 4 is 23.3 Å². The molecule has 0 aromatic carbocycles. The van der Waals surface area contributed by atoms with Crippen molar-refractivity contribution in [1.29, 1.82) is 0 Å². The van der Waals surface area contributed by atoms with E-state index >= 15 is 0 Å². The smallest absolute Gasteiger partial charge is 0.246 e. The second-order valence-corrected chi connectivity index (χ2v) is 5.01. The highest BCUT2D eigenvalue weighted by atomic mass is 16.2. The zero-order chi connectivity index (χ0) is 15.0. The fourth-order valence-corrected chi connectivity index (χ4v) is 2.23. The van der Waals surface area contributed by atoms with Crippen molar-refractivity contribution in [1.82, 2.24) is 9.97 Å². The first-order valence-corrected chi connectivity index (χ1v) is 6.58. The van der Waals surface area contributed by atoms with Crippen molar-refractivity contribution < 1.29 is 9.59 Å². The van der Waals surface area contributed by atoms with Crippen LogP contribution in [-0.2, 0) is 9.59 Å². The maximum Gasteiger partial charge on any atom is 0.246 e. The van der Waals surface area contributed by atoms with Gasteiger partial charge in [0.2, 0.25) is 11.8 Å². The van der Waals surface area contributed by atoms with Crippen LogP contribution in [0.25, 0.3) is 0 Å². The highest BCUT2D eigenvalue weighted by Gasteiger charge is 2.31. The summed E-state index contributed by atoms with van der Waals surface area (Å²) in [5.41, 5.74) is 6.62. The van der Waals surface area contributed by atoms with Crippen LogP contribution in [0.4, 0.5) is 11.5 Å². The van der Waals surface area contributed by atoms with E-state index in [1.807, 2.05) is 6.92 Å². The second-order valence-electron chi connectivity index (χ2n) is 5.01. The lowest BCUT2D eigenvalue weighted by atomic mass is 10.0. The summed E-state index contributed by atoms with van der Waals surface area (Å²) in [4.78, 5) is 33.8. The standard InChI is InChI=1S/C13H19N5O2/c1-5-8(10(14)19)11-15-6(2)9-12(17-11)18(4)7(3)13(20)16-9/h7-8H,5H2,1-4H3,(H2,14,19)(H,16,20)/t7-,8?/m0/s1. The lowest BCUT2D eigenvalue weighted by Crippen LogP contribution is -2.45. The predicted molar refractivity (Wildman–Crippen MR) is 75.5 cm³/mol. The number of nitrogens with zero attached hydrogens (tertiary/aromatic N) is 3. The Morgan fingerprint density at radius 3 is 2.70 bits per heavy atom. The van der Waals surface area contributed by atoms with Gasteiger partial charge >= 0.3 is 0 Å². The summed E-state index contributed by atoms with van der Waals surface area (Å²) in [5.74, 6) is -0.0186. The van der Waals surface area contributed by atoms with Crippen molar-refractivity contribution in [2.24, 2.45) is 5.73 Å². The minimum absolute atomic E-state index is 0.0959. The van der Waals surface area contributed by atoms with Gasteiger partial charge in [-0.15, -0.1) is 0 Å². The predicted octanol–water partition coefficient (Wildman–Crippen LogP) is 0.541. The molecule has 2 heterocycles. The van der Waals surface area contributed by atoms with Gasteiger partial charge in [-0.25, -0.2) is 9.97 Å². The van der Waals surface area contributed by atoms with E-state index in [4.69, 9.17) is 5.73 Å². The number of hydrogen-bond acceptors (Lipinski definition) is 5. The zero-order valence-corrected chi connectivity index (χ0v) is 12.1. The molecule has 0 bridgehead atoms. The van der Waals surface area contributed by atoms with Gasteiger partial charge in [0.05, 0.1) is 11.6 Å². The maximum atomic E-state index is 11.8. The van der Waals surface area contributed by atoms with Crippen LogP contribution in [0.5, 0.6) is 0 Å². The molecule has 1 aliphatic rings. The Balaban J connectivity index is 2.55. The number of fused-ring (bicyclic) bond motifs is 1. The highest BCUT2D eigenvalue weighted by Crippen LogP contribution is 2.32. The summed E-state index contributed by atoms with van der Waals surface area (Å²) in [5, 5.41) is 2.80. The first-order chi connectivity index (χ1) is 9.36. The molecule has 0 aliphatic carbocycles. The first-order valence-electron chi connectivity index (χ1n) is 6.58. The molecular formula is C13H19N5O2. The van der Waals surface area contributed by atoms with E-state index in [1.54, 1.807) is 25.8 Å². The highest BCUT2D eigenvalue weighted by molar-refractivity contribution is 6.03. The van der Waals surface area contributed by atoms with Gasteiger partial charge in [0.1, 0.15) is 17.6 Å². The van der Waals surface area contributed by atoms with Gasteiger partial charge in [-0.05, 0) is 20.3 Å². The molecule has 1 aromatic rings. The molecule has 0 spiro atoms. The summed E-state index contributed by atoms with van der Waals surface area (Å²) in [6.07, 6.45) is 0.541. The number of anilines is 2. The third-order valence-corrected chi connectivity index (χ3v) is 3.69. The Labute approximate surface area is 117 Å². The van der Waals surface area contributed by atoms with Crippen LogP contribution in [0.3, 0.4) is 0 Å². The third-order valence-electron chi connectivity index (χ3n) is 3.69. The number of aryl methyl sites for hydroxylation is 1. The number of rotatable bonds is 3. The average molecular weight is 277 g/mol. The van der Waals surface area contributed by atoms with Crippen LogP contribution in [0, 0.1) is 6.92 Å². The monoisotopic (exact) mass is 277 g/mol. The quantitative estimate of drug-likeness (QED) is 0.839. The molecule has 7 nitrogen and oxygen atoms in total. The maximum absolute atomic E-state index is 11.8. The molecule has 108 valence electrons. The second kappa shape index (κ2) is 5.07. The van der Waals surface area contributed by atoms with Gasteiger partial charge in [-0.2, -0.15) is 0 Å². The van der Waals surface area contributed by atoms with Gasteiger partial charge in [0, 0.05) is 7.05 Å². The number of carbonyl (C=O) groups is 2. The third kappa shape index (κ3) is 2.19. The fraction of sp³-hybridized carbons (Fsp3) is 0.538. The Hall–Kier alpha value is -2.18. The SMILES string of the molecule is CCC(C(N)=O)c1nc(C)c2c(n1)N(C)[C@@H](C)C(=O)N2. The number of nitrogens with one attached hydrogen (secondary N) is 1. The topological polar surface area (TPSA) is 101 Å². The van der Waals surface area contributed by atoms with Gasteiger partial charge in [-0.3, -0.25) is 9.59 Å². The summed E-state index contributed by atoms with van der Waals surface area (Å²) in [6.45, 7) is 5.43. The van der Waals surface area contributed by atoms with Crippen LogP contribution in [0.1, 0.15) is 37.7 Å². The van der Waals surface area contributed by atoms with E-state index in [9.17, 15) is 9.59 Å². The van der Waals surface area contributed by atoms with Crippen LogP contribution in [0.2, 0.25) is 0 Å². The van der Waals surface area contributed by atoms with Crippen molar-refractivity contribution in [3.63, 3.8) is 0 Å². The molecular weight excluding hydrogens is 258 g/mol. The number of primary amides is 1. The van der Waals surface area contributed by atoms with Gasteiger partial charge in [-0.1, -0.05) is 6.92 Å². The molecule has 1 aromatic heterocycles.